The second kappa shape index (κ2) is 4.14. The summed E-state index contributed by atoms with van der Waals surface area (Å²) in [6, 6.07) is 5.93. The van der Waals surface area contributed by atoms with Gasteiger partial charge in [-0.1, -0.05) is 12.1 Å². The largest absolute Gasteiger partial charge is 0.384 e. The Bertz CT molecular complexity index is 374. The Morgan fingerprint density at radius 1 is 1.40 bits per heavy atom. The number of carbonyl (C=O) groups excluding carboxylic acids is 1. The number of anilines is 1. The zero-order valence-electron chi connectivity index (χ0n) is 8.30. The number of halogens is 3. The SMILES string of the molecule is CN(C)c1cccc(C(=O)C(F)(F)Cl)c1. The van der Waals surface area contributed by atoms with Crippen molar-refractivity contribution in [1.82, 2.24) is 0 Å². The van der Waals surface area contributed by atoms with Crippen molar-refractivity contribution >= 4 is 23.1 Å². The van der Waals surface area contributed by atoms with E-state index in [2.05, 4.69) is 11.6 Å². The van der Waals surface area contributed by atoms with Crippen LogP contribution in [0, 0.1) is 0 Å². The molecule has 1 aromatic carbocycles. The molecular weight excluding hydrogens is 224 g/mol. The van der Waals surface area contributed by atoms with Gasteiger partial charge in [-0.05, 0) is 23.7 Å². The maximum Gasteiger partial charge on any atom is 0.384 e. The van der Waals surface area contributed by atoms with Crippen LogP contribution in [0.25, 0.3) is 0 Å². The normalized spacial score (nSPS) is 11.3. The lowest BCUT2D eigenvalue weighted by Crippen LogP contribution is -2.21. The Morgan fingerprint density at radius 3 is 2.47 bits per heavy atom. The van der Waals surface area contributed by atoms with Crippen molar-refractivity contribution in [2.24, 2.45) is 0 Å². The zero-order valence-corrected chi connectivity index (χ0v) is 9.05. The van der Waals surface area contributed by atoms with Gasteiger partial charge in [0.15, 0.2) is 0 Å². The predicted molar refractivity (Wildman–Crippen MR) is 55.9 cm³/mol. The third kappa shape index (κ3) is 2.89. The van der Waals surface area contributed by atoms with Crippen LogP contribution in [-0.2, 0) is 0 Å². The molecule has 0 bridgehead atoms. The summed E-state index contributed by atoms with van der Waals surface area (Å²) >= 11 is 4.65. The number of carbonyl (C=O) groups is 1. The molecule has 2 nitrogen and oxygen atoms in total. The smallest absolute Gasteiger partial charge is 0.378 e. The maximum absolute atomic E-state index is 12.5. The Morgan fingerprint density at radius 2 is 2.00 bits per heavy atom. The Hall–Kier alpha value is -1.16. The Kier molecular flexibility index (Phi) is 3.29. The lowest BCUT2D eigenvalue weighted by molar-refractivity contribution is 0.0536. The van der Waals surface area contributed by atoms with Gasteiger partial charge in [-0.3, -0.25) is 4.79 Å². The first kappa shape index (κ1) is 11.9. The van der Waals surface area contributed by atoms with Crippen molar-refractivity contribution in [1.29, 1.82) is 0 Å². The van der Waals surface area contributed by atoms with Crippen molar-refractivity contribution in [2.45, 2.75) is 5.38 Å². The molecule has 5 heteroatoms. The van der Waals surface area contributed by atoms with Crippen LogP contribution >= 0.6 is 11.6 Å². The minimum Gasteiger partial charge on any atom is -0.378 e. The fraction of sp³-hybridized carbons (Fsp3) is 0.300. The third-order valence-corrected chi connectivity index (χ3v) is 2.05. The van der Waals surface area contributed by atoms with Crippen LogP contribution in [0.15, 0.2) is 24.3 Å². The lowest BCUT2D eigenvalue weighted by Gasteiger charge is -2.14. The molecule has 0 N–H and O–H groups in total. The van der Waals surface area contributed by atoms with E-state index in [1.807, 2.05) is 0 Å². The van der Waals surface area contributed by atoms with Gasteiger partial charge in [0.1, 0.15) is 0 Å². The molecule has 0 radical (unpaired) electrons. The Balaban J connectivity index is 3.06. The first-order valence-electron chi connectivity index (χ1n) is 4.21. The number of benzene rings is 1. The fourth-order valence-corrected chi connectivity index (χ4v) is 1.20. The number of Topliss-reactive ketones (excluding diaryl/α,β-unsaturated/α-hetero) is 1. The molecule has 0 saturated carbocycles. The highest BCUT2D eigenvalue weighted by atomic mass is 35.5. The van der Waals surface area contributed by atoms with E-state index in [9.17, 15) is 13.6 Å². The first-order chi connectivity index (χ1) is 6.82. The summed E-state index contributed by atoms with van der Waals surface area (Å²) in [6.45, 7) is 0. The van der Waals surface area contributed by atoms with Crippen molar-refractivity contribution < 1.29 is 13.6 Å². The molecule has 0 aliphatic carbocycles. The summed E-state index contributed by atoms with van der Waals surface area (Å²) in [7, 11) is 3.50. The van der Waals surface area contributed by atoms with Crippen molar-refractivity contribution in [3.05, 3.63) is 29.8 Å². The van der Waals surface area contributed by atoms with Gasteiger partial charge in [0.05, 0.1) is 0 Å². The molecule has 0 aliphatic rings. The van der Waals surface area contributed by atoms with Crippen LogP contribution in [-0.4, -0.2) is 25.3 Å². The monoisotopic (exact) mass is 233 g/mol. The molecule has 0 atom stereocenters. The zero-order chi connectivity index (χ0) is 11.6. The minimum absolute atomic E-state index is 0.0961. The lowest BCUT2D eigenvalue weighted by atomic mass is 10.1. The van der Waals surface area contributed by atoms with E-state index < -0.39 is 11.2 Å². The summed E-state index contributed by atoms with van der Waals surface area (Å²) in [5, 5.41) is -3.84. The average Bonchev–Trinajstić information content (AvgIpc) is 2.15. The third-order valence-electron chi connectivity index (χ3n) is 1.88. The van der Waals surface area contributed by atoms with E-state index in [1.54, 1.807) is 25.1 Å². The van der Waals surface area contributed by atoms with Gasteiger partial charge >= 0.3 is 5.38 Å². The van der Waals surface area contributed by atoms with Gasteiger partial charge in [-0.2, -0.15) is 8.78 Å². The number of nitrogens with zero attached hydrogens (tertiary/aromatic N) is 1. The number of ketones is 1. The van der Waals surface area contributed by atoms with Gasteiger partial charge in [0.25, 0.3) is 0 Å². The summed E-state index contributed by atoms with van der Waals surface area (Å²) in [5.41, 5.74) is 0.572. The molecule has 1 aromatic rings. The number of hydrogen-bond acceptors (Lipinski definition) is 2. The standard InChI is InChI=1S/C10H10ClF2NO/c1-14(2)8-5-3-4-7(6-8)9(15)10(11,12)13/h3-6H,1-2H3. The molecule has 0 aliphatic heterocycles. The number of alkyl halides is 3. The summed E-state index contributed by atoms with van der Waals surface area (Å²) in [5.74, 6) is -1.38. The van der Waals surface area contributed by atoms with E-state index >= 15 is 0 Å². The maximum atomic E-state index is 12.5. The highest BCUT2D eigenvalue weighted by molar-refractivity contribution is 6.35. The molecule has 0 unspecified atom stereocenters. The van der Waals surface area contributed by atoms with Crippen LogP contribution in [0.4, 0.5) is 14.5 Å². The molecule has 0 aromatic heterocycles. The molecule has 82 valence electrons. The van der Waals surface area contributed by atoms with Gasteiger partial charge in [-0.25, -0.2) is 0 Å². The van der Waals surface area contributed by atoms with Crippen LogP contribution in [0.3, 0.4) is 0 Å². The second-order valence-corrected chi connectivity index (χ2v) is 3.75. The van der Waals surface area contributed by atoms with Crippen LogP contribution < -0.4 is 4.90 Å². The van der Waals surface area contributed by atoms with Crippen LogP contribution in [0.2, 0.25) is 0 Å². The van der Waals surface area contributed by atoms with Gasteiger partial charge < -0.3 is 4.90 Å². The fourth-order valence-electron chi connectivity index (χ4n) is 1.09. The Labute approximate surface area is 91.4 Å². The number of rotatable bonds is 3. The van der Waals surface area contributed by atoms with Crippen molar-refractivity contribution in [3.8, 4) is 0 Å². The summed E-state index contributed by atoms with van der Waals surface area (Å²) in [6.07, 6.45) is 0. The summed E-state index contributed by atoms with van der Waals surface area (Å²) in [4.78, 5) is 12.9. The second-order valence-electron chi connectivity index (χ2n) is 3.27. The van der Waals surface area contributed by atoms with E-state index in [0.29, 0.717) is 5.69 Å². The topological polar surface area (TPSA) is 20.3 Å². The highest BCUT2D eigenvalue weighted by Crippen LogP contribution is 2.25. The van der Waals surface area contributed by atoms with E-state index in [0.717, 1.165) is 0 Å². The highest BCUT2D eigenvalue weighted by Gasteiger charge is 2.36. The quantitative estimate of drug-likeness (QED) is 0.591. The van der Waals surface area contributed by atoms with E-state index in [-0.39, 0.29) is 5.56 Å². The van der Waals surface area contributed by atoms with Crippen LogP contribution in [0.5, 0.6) is 0 Å². The molecule has 0 fully saturated rings. The molecule has 15 heavy (non-hydrogen) atoms. The molecule has 1 rings (SSSR count). The molecule has 0 heterocycles. The van der Waals surface area contributed by atoms with E-state index in [4.69, 9.17) is 0 Å². The van der Waals surface area contributed by atoms with Gasteiger partial charge in [0.2, 0.25) is 5.78 Å². The van der Waals surface area contributed by atoms with Crippen molar-refractivity contribution in [2.75, 3.05) is 19.0 Å². The van der Waals surface area contributed by atoms with Gasteiger partial charge in [0, 0.05) is 25.3 Å². The van der Waals surface area contributed by atoms with Gasteiger partial charge in [-0.15, -0.1) is 0 Å². The average molecular weight is 234 g/mol. The molecule has 0 saturated heterocycles. The number of hydrogen-bond donors (Lipinski definition) is 0. The molecule has 0 amide bonds. The predicted octanol–water partition coefficient (Wildman–Crippen LogP) is 2.77. The molecular formula is C10H10ClF2NO. The summed E-state index contributed by atoms with van der Waals surface area (Å²) < 4.78 is 25.1. The van der Waals surface area contributed by atoms with Crippen LogP contribution in [0.1, 0.15) is 10.4 Å². The minimum atomic E-state index is -3.84. The molecule has 0 spiro atoms. The first-order valence-corrected chi connectivity index (χ1v) is 4.59. The van der Waals surface area contributed by atoms with E-state index in [1.165, 1.54) is 18.2 Å². The van der Waals surface area contributed by atoms with Crippen molar-refractivity contribution in [3.63, 3.8) is 0 Å².